The molecule has 0 saturated heterocycles. The second kappa shape index (κ2) is 4.99. The molecule has 0 amide bonds. The summed E-state index contributed by atoms with van der Waals surface area (Å²) in [6.45, 7) is 1.77. The van der Waals surface area contributed by atoms with Crippen LogP contribution in [0.25, 0.3) is 0 Å². The van der Waals surface area contributed by atoms with Gasteiger partial charge >= 0.3 is 5.97 Å². The standard InChI is InChI=1S/C8H15NO4S/c1-5-13-8(10)7(6-9(2)3)14(4,11)12/h6H,5H2,1-4H3. The third-order valence-corrected chi connectivity index (χ3v) is 2.32. The molecule has 0 N–H and O–H groups in total. The molecule has 0 heterocycles. The summed E-state index contributed by atoms with van der Waals surface area (Å²) in [7, 11) is -0.278. The first-order valence-corrected chi connectivity index (χ1v) is 5.93. The molecule has 0 spiro atoms. The average Bonchev–Trinajstić information content (AvgIpc) is 1.98. The van der Waals surface area contributed by atoms with Crippen LogP contribution in [0.5, 0.6) is 0 Å². The molecule has 0 rings (SSSR count). The van der Waals surface area contributed by atoms with Crippen LogP contribution in [0.2, 0.25) is 0 Å². The molecule has 14 heavy (non-hydrogen) atoms. The number of rotatable bonds is 4. The molecule has 0 atom stereocenters. The van der Waals surface area contributed by atoms with Crippen LogP contribution < -0.4 is 0 Å². The van der Waals surface area contributed by atoms with Crippen LogP contribution in [-0.2, 0) is 19.4 Å². The van der Waals surface area contributed by atoms with Crippen LogP contribution in [0.4, 0.5) is 0 Å². The molecule has 82 valence electrons. The normalized spacial score (nSPS) is 12.4. The van der Waals surface area contributed by atoms with E-state index in [4.69, 9.17) is 0 Å². The smallest absolute Gasteiger partial charge is 0.351 e. The summed E-state index contributed by atoms with van der Waals surface area (Å²) in [6, 6.07) is 0. The Morgan fingerprint density at radius 1 is 1.43 bits per heavy atom. The van der Waals surface area contributed by atoms with Crippen molar-refractivity contribution in [2.24, 2.45) is 0 Å². The molecule has 0 saturated carbocycles. The predicted molar refractivity (Wildman–Crippen MR) is 53.2 cm³/mol. The molecule has 0 fully saturated rings. The van der Waals surface area contributed by atoms with E-state index in [0.717, 1.165) is 6.26 Å². The minimum absolute atomic E-state index is 0.152. The van der Waals surface area contributed by atoms with Crippen molar-refractivity contribution in [1.29, 1.82) is 0 Å². The number of carbonyl (C=O) groups excluding carboxylic acids is 1. The van der Waals surface area contributed by atoms with Gasteiger partial charge in [0.25, 0.3) is 0 Å². The van der Waals surface area contributed by atoms with E-state index >= 15 is 0 Å². The van der Waals surface area contributed by atoms with Crippen molar-refractivity contribution in [2.75, 3.05) is 27.0 Å². The maximum Gasteiger partial charge on any atom is 0.351 e. The zero-order valence-electron chi connectivity index (χ0n) is 8.77. The molecule has 0 unspecified atom stereocenters. The minimum Gasteiger partial charge on any atom is -0.462 e. The van der Waals surface area contributed by atoms with E-state index in [1.54, 1.807) is 21.0 Å². The number of hydrogen-bond donors (Lipinski definition) is 0. The largest absolute Gasteiger partial charge is 0.462 e. The van der Waals surface area contributed by atoms with E-state index in [1.807, 2.05) is 0 Å². The zero-order valence-corrected chi connectivity index (χ0v) is 9.59. The first kappa shape index (κ1) is 13.0. The van der Waals surface area contributed by atoms with Gasteiger partial charge in [0.2, 0.25) is 0 Å². The summed E-state index contributed by atoms with van der Waals surface area (Å²) in [5.74, 6) is -0.816. The van der Waals surface area contributed by atoms with Gasteiger partial charge in [0.1, 0.15) is 0 Å². The number of nitrogens with zero attached hydrogens (tertiary/aromatic N) is 1. The van der Waals surface area contributed by atoms with Gasteiger partial charge in [0, 0.05) is 26.6 Å². The first-order valence-electron chi connectivity index (χ1n) is 4.04. The molecule has 6 heteroatoms. The van der Waals surface area contributed by atoms with Crippen molar-refractivity contribution in [3.8, 4) is 0 Å². The molecule has 0 aliphatic rings. The summed E-state index contributed by atoms with van der Waals surface area (Å²) < 4.78 is 27.0. The van der Waals surface area contributed by atoms with Crippen molar-refractivity contribution < 1.29 is 17.9 Å². The summed E-state index contributed by atoms with van der Waals surface area (Å²) in [4.78, 5) is 12.4. The van der Waals surface area contributed by atoms with E-state index in [0.29, 0.717) is 0 Å². The average molecular weight is 221 g/mol. The Balaban J connectivity index is 5.04. The van der Waals surface area contributed by atoms with E-state index in [-0.39, 0.29) is 11.5 Å². The number of sulfone groups is 1. The fourth-order valence-corrected chi connectivity index (χ4v) is 1.50. The summed E-state index contributed by atoms with van der Waals surface area (Å²) in [5, 5.41) is 0. The van der Waals surface area contributed by atoms with Gasteiger partial charge < -0.3 is 9.64 Å². The van der Waals surface area contributed by atoms with Crippen molar-refractivity contribution in [1.82, 2.24) is 4.90 Å². The quantitative estimate of drug-likeness (QED) is 0.494. The highest BCUT2D eigenvalue weighted by atomic mass is 32.2. The zero-order chi connectivity index (χ0) is 11.4. The maximum absolute atomic E-state index is 11.2. The van der Waals surface area contributed by atoms with Crippen molar-refractivity contribution in [3.05, 3.63) is 11.1 Å². The van der Waals surface area contributed by atoms with Gasteiger partial charge in [-0.3, -0.25) is 0 Å². The van der Waals surface area contributed by atoms with E-state index < -0.39 is 15.8 Å². The molecule has 0 bridgehead atoms. The lowest BCUT2D eigenvalue weighted by Crippen LogP contribution is -2.18. The minimum atomic E-state index is -3.54. The third-order valence-electron chi connectivity index (χ3n) is 1.25. The van der Waals surface area contributed by atoms with Gasteiger partial charge in [-0.05, 0) is 6.92 Å². The number of hydrogen-bond acceptors (Lipinski definition) is 5. The van der Waals surface area contributed by atoms with Crippen molar-refractivity contribution >= 4 is 15.8 Å². The molecular weight excluding hydrogens is 206 g/mol. The Kier molecular flexibility index (Phi) is 4.62. The van der Waals surface area contributed by atoms with Crippen LogP contribution in [0.15, 0.2) is 11.1 Å². The molecule has 0 aromatic rings. The van der Waals surface area contributed by atoms with E-state index in [2.05, 4.69) is 4.74 Å². The monoisotopic (exact) mass is 221 g/mol. The van der Waals surface area contributed by atoms with Gasteiger partial charge in [-0.2, -0.15) is 0 Å². The summed E-state index contributed by atoms with van der Waals surface area (Å²) in [5.41, 5.74) is 0. The van der Waals surface area contributed by atoms with E-state index in [1.165, 1.54) is 11.1 Å². The summed E-state index contributed by atoms with van der Waals surface area (Å²) >= 11 is 0. The molecule has 0 aromatic heterocycles. The van der Waals surface area contributed by atoms with Gasteiger partial charge in [-0.25, -0.2) is 13.2 Å². The van der Waals surface area contributed by atoms with Crippen LogP contribution >= 0.6 is 0 Å². The molecule has 0 aliphatic carbocycles. The van der Waals surface area contributed by atoms with Crippen molar-refractivity contribution in [3.63, 3.8) is 0 Å². The van der Waals surface area contributed by atoms with Gasteiger partial charge in [-0.15, -0.1) is 0 Å². The highest BCUT2D eigenvalue weighted by Gasteiger charge is 2.21. The Bertz CT molecular complexity index is 329. The Hall–Kier alpha value is -1.04. The fraction of sp³-hybridized carbons (Fsp3) is 0.625. The number of ether oxygens (including phenoxy) is 1. The molecule has 0 aromatic carbocycles. The second-order valence-electron chi connectivity index (χ2n) is 2.95. The Morgan fingerprint density at radius 2 is 1.93 bits per heavy atom. The molecular formula is C8H15NO4S. The molecule has 5 nitrogen and oxygen atoms in total. The lowest BCUT2D eigenvalue weighted by atomic mass is 10.6. The molecule has 0 aliphatic heterocycles. The Labute approximate surface area is 84.3 Å². The maximum atomic E-state index is 11.2. The van der Waals surface area contributed by atoms with Crippen LogP contribution in [-0.4, -0.2) is 46.2 Å². The number of carbonyl (C=O) groups is 1. The predicted octanol–water partition coefficient (Wildman–Crippen LogP) is -0.00290. The topological polar surface area (TPSA) is 63.7 Å². The summed E-state index contributed by atoms with van der Waals surface area (Å²) in [6.07, 6.45) is 2.20. The van der Waals surface area contributed by atoms with E-state index in [9.17, 15) is 13.2 Å². The lowest BCUT2D eigenvalue weighted by molar-refractivity contribution is -0.137. The van der Waals surface area contributed by atoms with Gasteiger partial charge in [-0.1, -0.05) is 0 Å². The lowest BCUT2D eigenvalue weighted by Gasteiger charge is -2.09. The molecule has 0 radical (unpaired) electrons. The SMILES string of the molecule is CCOC(=O)C(=CN(C)C)S(C)(=O)=O. The van der Waals surface area contributed by atoms with Gasteiger partial charge in [0.15, 0.2) is 14.7 Å². The van der Waals surface area contributed by atoms with Crippen LogP contribution in [0.3, 0.4) is 0 Å². The second-order valence-corrected chi connectivity index (χ2v) is 4.93. The highest BCUT2D eigenvalue weighted by molar-refractivity contribution is 7.95. The Morgan fingerprint density at radius 3 is 2.21 bits per heavy atom. The van der Waals surface area contributed by atoms with Crippen LogP contribution in [0.1, 0.15) is 6.92 Å². The fourth-order valence-electron chi connectivity index (χ4n) is 0.737. The van der Waals surface area contributed by atoms with Crippen LogP contribution in [0, 0.1) is 0 Å². The van der Waals surface area contributed by atoms with Crippen molar-refractivity contribution in [2.45, 2.75) is 6.92 Å². The first-order chi connectivity index (χ1) is 6.29. The number of esters is 1. The third kappa shape index (κ3) is 4.27. The highest BCUT2D eigenvalue weighted by Crippen LogP contribution is 2.07. The van der Waals surface area contributed by atoms with Gasteiger partial charge in [0.05, 0.1) is 6.61 Å².